The molecule has 0 atom stereocenters. The standard InChI is InChI=1S/C34H29N5O5/c1-20-6-12-23(13-7-20)31-29(33(40)37-35-31)28(30-32(36-38-34(30)41)24-14-8-21(2)9-15-24)25-4-3-5-27(18-25)44-19-22-10-16-26(17-11-22)39(42)43/h3-18,28H,19H2,1-2H3,(H2,35,37,40)(H2,36,38,41). The van der Waals surface area contributed by atoms with Gasteiger partial charge in [-0.15, -0.1) is 0 Å². The summed E-state index contributed by atoms with van der Waals surface area (Å²) in [4.78, 5) is 37.7. The Morgan fingerprint density at radius 1 is 0.705 bits per heavy atom. The molecule has 4 N–H and O–H groups in total. The van der Waals surface area contributed by atoms with Crippen molar-refractivity contribution in [1.29, 1.82) is 0 Å². The maximum absolute atomic E-state index is 13.6. The van der Waals surface area contributed by atoms with Crippen LogP contribution in [0.4, 0.5) is 5.69 Å². The topological polar surface area (TPSA) is 150 Å². The van der Waals surface area contributed by atoms with Crippen LogP contribution >= 0.6 is 0 Å². The van der Waals surface area contributed by atoms with E-state index in [4.69, 9.17) is 4.74 Å². The number of ether oxygens (including phenoxy) is 1. The average molecular weight is 588 g/mol. The molecule has 0 unspecified atom stereocenters. The van der Waals surface area contributed by atoms with Gasteiger partial charge in [0.25, 0.3) is 16.8 Å². The summed E-state index contributed by atoms with van der Waals surface area (Å²) in [5.74, 6) is -0.269. The lowest BCUT2D eigenvalue weighted by Crippen LogP contribution is -2.20. The first-order chi connectivity index (χ1) is 21.3. The zero-order chi connectivity index (χ0) is 30.8. The van der Waals surface area contributed by atoms with Crippen molar-refractivity contribution in [3.05, 3.63) is 161 Å². The highest BCUT2D eigenvalue weighted by Gasteiger charge is 2.31. The first-order valence-corrected chi connectivity index (χ1v) is 14.0. The van der Waals surface area contributed by atoms with Crippen molar-refractivity contribution >= 4 is 5.69 Å². The molecule has 4 aromatic carbocycles. The van der Waals surface area contributed by atoms with Gasteiger partial charge in [-0.25, -0.2) is 0 Å². The predicted molar refractivity (Wildman–Crippen MR) is 168 cm³/mol. The van der Waals surface area contributed by atoms with Gasteiger partial charge in [0.2, 0.25) is 0 Å². The van der Waals surface area contributed by atoms with Gasteiger partial charge in [0.05, 0.1) is 27.4 Å². The molecule has 10 heteroatoms. The summed E-state index contributed by atoms with van der Waals surface area (Å²) in [7, 11) is 0. The summed E-state index contributed by atoms with van der Waals surface area (Å²) >= 11 is 0. The van der Waals surface area contributed by atoms with Crippen LogP contribution in [0.2, 0.25) is 0 Å². The van der Waals surface area contributed by atoms with E-state index in [0.717, 1.165) is 27.8 Å². The Morgan fingerprint density at radius 3 is 1.73 bits per heavy atom. The van der Waals surface area contributed by atoms with Crippen LogP contribution in [0.1, 0.15) is 39.3 Å². The molecule has 0 aliphatic carbocycles. The summed E-state index contributed by atoms with van der Waals surface area (Å²) in [6.45, 7) is 4.15. The number of rotatable bonds is 9. The molecule has 0 amide bonds. The first-order valence-electron chi connectivity index (χ1n) is 14.0. The second-order valence-electron chi connectivity index (χ2n) is 10.7. The number of aromatic amines is 4. The fourth-order valence-electron chi connectivity index (χ4n) is 5.32. The van der Waals surface area contributed by atoms with E-state index < -0.39 is 10.8 Å². The van der Waals surface area contributed by atoms with Gasteiger partial charge >= 0.3 is 0 Å². The number of nitrogens with zero attached hydrogens (tertiary/aromatic N) is 1. The summed E-state index contributed by atoms with van der Waals surface area (Å²) < 4.78 is 6.08. The number of nitrogens with one attached hydrogen (secondary N) is 4. The van der Waals surface area contributed by atoms with Crippen LogP contribution in [0.5, 0.6) is 5.75 Å². The Hall–Kier alpha value is -5.90. The van der Waals surface area contributed by atoms with Gasteiger partial charge in [-0.05, 0) is 60.4 Å². The molecule has 6 aromatic rings. The van der Waals surface area contributed by atoms with Gasteiger partial charge < -0.3 is 4.74 Å². The molecule has 2 aromatic heterocycles. The van der Waals surface area contributed by atoms with Gasteiger partial charge in [-0.1, -0.05) is 71.8 Å². The molecular formula is C34H29N5O5. The van der Waals surface area contributed by atoms with Crippen molar-refractivity contribution in [2.24, 2.45) is 0 Å². The van der Waals surface area contributed by atoms with Crippen molar-refractivity contribution in [2.45, 2.75) is 26.4 Å². The third-order valence-corrected chi connectivity index (χ3v) is 7.63. The van der Waals surface area contributed by atoms with Crippen molar-refractivity contribution in [2.75, 3.05) is 0 Å². The number of aryl methyl sites for hydroxylation is 2. The smallest absolute Gasteiger partial charge is 0.269 e. The van der Waals surface area contributed by atoms with E-state index in [1.807, 2.05) is 80.6 Å². The van der Waals surface area contributed by atoms with Crippen LogP contribution < -0.4 is 15.9 Å². The van der Waals surface area contributed by atoms with Crippen LogP contribution in [0, 0.1) is 24.0 Å². The van der Waals surface area contributed by atoms with Crippen LogP contribution in [0.25, 0.3) is 22.5 Å². The number of hydrogen-bond donors (Lipinski definition) is 4. The normalized spacial score (nSPS) is 11.2. The zero-order valence-corrected chi connectivity index (χ0v) is 24.0. The van der Waals surface area contributed by atoms with Gasteiger partial charge in [0.15, 0.2) is 0 Å². The fraction of sp³-hybridized carbons (Fsp3) is 0.118. The Kier molecular flexibility index (Phi) is 7.55. The number of non-ortho nitro benzene ring substituents is 1. The number of nitro benzene ring substituents is 1. The zero-order valence-electron chi connectivity index (χ0n) is 24.0. The molecule has 10 nitrogen and oxygen atoms in total. The highest BCUT2D eigenvalue weighted by atomic mass is 16.6. The van der Waals surface area contributed by atoms with Crippen molar-refractivity contribution in [3.63, 3.8) is 0 Å². The minimum Gasteiger partial charge on any atom is -0.489 e. The molecule has 0 fully saturated rings. The summed E-state index contributed by atoms with van der Waals surface area (Å²) in [6.07, 6.45) is 0. The molecule has 0 aliphatic rings. The summed E-state index contributed by atoms with van der Waals surface area (Å²) in [5, 5.41) is 22.6. The highest BCUT2D eigenvalue weighted by molar-refractivity contribution is 5.71. The number of nitro groups is 1. The van der Waals surface area contributed by atoms with Crippen LogP contribution in [-0.2, 0) is 6.61 Å². The van der Waals surface area contributed by atoms with E-state index in [2.05, 4.69) is 20.4 Å². The van der Waals surface area contributed by atoms with E-state index in [-0.39, 0.29) is 23.4 Å². The van der Waals surface area contributed by atoms with E-state index in [1.54, 1.807) is 18.2 Å². The quantitative estimate of drug-likeness (QED) is 0.115. The second-order valence-corrected chi connectivity index (χ2v) is 10.7. The van der Waals surface area contributed by atoms with E-state index >= 15 is 0 Å². The average Bonchev–Trinajstić information content (AvgIpc) is 3.60. The van der Waals surface area contributed by atoms with Crippen molar-refractivity contribution in [3.8, 4) is 28.3 Å². The maximum Gasteiger partial charge on any atom is 0.269 e. The van der Waals surface area contributed by atoms with Gasteiger partial charge in [0, 0.05) is 18.1 Å². The molecule has 2 heterocycles. The molecule has 0 spiro atoms. The summed E-state index contributed by atoms with van der Waals surface area (Å²) in [6, 6.07) is 29.0. The number of hydrogen-bond acceptors (Lipinski definition) is 5. The number of aromatic nitrogens is 4. The molecule has 0 radical (unpaired) electrons. The first kappa shape index (κ1) is 28.2. The van der Waals surface area contributed by atoms with E-state index in [1.165, 1.54) is 12.1 Å². The molecular weight excluding hydrogens is 558 g/mol. The predicted octanol–water partition coefficient (Wildman–Crippen LogP) is 6.34. The Labute approximate surface area is 251 Å². The van der Waals surface area contributed by atoms with E-state index in [0.29, 0.717) is 33.8 Å². The molecule has 0 aliphatic heterocycles. The monoisotopic (exact) mass is 587 g/mol. The van der Waals surface area contributed by atoms with Gasteiger partial charge in [-0.2, -0.15) is 0 Å². The minimum atomic E-state index is -0.782. The largest absolute Gasteiger partial charge is 0.489 e. The molecule has 6 rings (SSSR count). The van der Waals surface area contributed by atoms with Crippen molar-refractivity contribution < 1.29 is 9.66 Å². The molecule has 0 saturated heterocycles. The number of H-pyrrole nitrogens is 4. The molecule has 0 bridgehead atoms. The highest BCUT2D eigenvalue weighted by Crippen LogP contribution is 2.38. The second kappa shape index (κ2) is 11.8. The van der Waals surface area contributed by atoms with Gasteiger partial charge in [-0.3, -0.25) is 40.1 Å². The lowest BCUT2D eigenvalue weighted by atomic mass is 9.83. The lowest BCUT2D eigenvalue weighted by Gasteiger charge is -2.19. The lowest BCUT2D eigenvalue weighted by molar-refractivity contribution is -0.384. The fourth-order valence-corrected chi connectivity index (χ4v) is 5.32. The molecule has 0 saturated carbocycles. The van der Waals surface area contributed by atoms with Crippen LogP contribution in [0.15, 0.2) is 107 Å². The molecule has 220 valence electrons. The van der Waals surface area contributed by atoms with E-state index in [9.17, 15) is 19.7 Å². The van der Waals surface area contributed by atoms with Gasteiger partial charge in [0.1, 0.15) is 12.4 Å². The number of benzene rings is 4. The minimum absolute atomic E-state index is 0.000741. The molecule has 44 heavy (non-hydrogen) atoms. The Morgan fingerprint density at radius 2 is 1.23 bits per heavy atom. The van der Waals surface area contributed by atoms with Crippen LogP contribution in [-0.4, -0.2) is 25.3 Å². The third kappa shape index (κ3) is 5.60. The Bertz CT molecular complexity index is 1950. The maximum atomic E-state index is 13.6. The third-order valence-electron chi connectivity index (χ3n) is 7.63. The Balaban J connectivity index is 1.47. The summed E-state index contributed by atoms with van der Waals surface area (Å²) in [5.41, 5.74) is 6.40. The SMILES string of the molecule is Cc1ccc(-c2[nH][nH]c(=O)c2C(c2cccc(OCc3ccc([N+](=O)[O-])cc3)c2)c2c(-c3ccc(C)cc3)[nH][nH]c2=O)cc1. The van der Waals surface area contributed by atoms with Crippen molar-refractivity contribution in [1.82, 2.24) is 20.4 Å². The van der Waals surface area contributed by atoms with Crippen LogP contribution in [0.3, 0.4) is 0 Å².